The van der Waals surface area contributed by atoms with Crippen LogP contribution in [-0.4, -0.2) is 7.05 Å². The molecule has 106 valence electrons. The molecule has 0 aliphatic carbocycles. The maximum absolute atomic E-state index is 14.2. The lowest BCUT2D eigenvalue weighted by Crippen LogP contribution is -2.20. The molecule has 1 N–H and O–H groups in total. The molecule has 0 aromatic heterocycles. The van der Waals surface area contributed by atoms with Gasteiger partial charge in [-0.25, -0.2) is 8.78 Å². The van der Waals surface area contributed by atoms with Gasteiger partial charge in [-0.15, -0.1) is 0 Å². The zero-order valence-electron chi connectivity index (χ0n) is 11.6. The zero-order chi connectivity index (χ0) is 14.9. The summed E-state index contributed by atoms with van der Waals surface area (Å²) < 4.78 is 28.8. The second-order valence-electron chi connectivity index (χ2n) is 4.85. The van der Waals surface area contributed by atoms with Crippen LogP contribution in [0.3, 0.4) is 0 Å². The molecule has 1 unspecified atom stereocenters. The Bertz CT molecular complexity index is 641. The fourth-order valence-corrected chi connectivity index (χ4v) is 2.95. The molecule has 1 atom stereocenters. The molecule has 0 fully saturated rings. The second kappa shape index (κ2) is 6.02. The average molecular weight is 340 g/mol. The Balaban J connectivity index is 2.55. The van der Waals surface area contributed by atoms with E-state index in [0.29, 0.717) is 11.1 Å². The molecule has 0 bridgehead atoms. The number of aryl methyl sites for hydroxylation is 2. The zero-order valence-corrected chi connectivity index (χ0v) is 13.2. The Morgan fingerprint density at radius 1 is 1.00 bits per heavy atom. The molecule has 0 spiro atoms. The number of halogens is 3. The molecule has 0 saturated heterocycles. The summed E-state index contributed by atoms with van der Waals surface area (Å²) in [7, 11) is 1.73. The van der Waals surface area contributed by atoms with E-state index < -0.39 is 17.7 Å². The third-order valence-electron chi connectivity index (χ3n) is 3.37. The summed E-state index contributed by atoms with van der Waals surface area (Å²) in [6, 6.07) is 8.65. The first kappa shape index (κ1) is 15.1. The highest BCUT2D eigenvalue weighted by Gasteiger charge is 2.21. The fraction of sp³-hybridized carbons (Fsp3) is 0.250. The minimum Gasteiger partial charge on any atom is -0.309 e. The Labute approximate surface area is 126 Å². The maximum atomic E-state index is 14.2. The summed E-state index contributed by atoms with van der Waals surface area (Å²) in [5, 5.41) is 3.05. The topological polar surface area (TPSA) is 12.0 Å². The Kier molecular flexibility index (Phi) is 4.55. The van der Waals surface area contributed by atoms with Gasteiger partial charge in [0.05, 0.1) is 6.04 Å². The van der Waals surface area contributed by atoms with E-state index in [0.717, 1.165) is 15.6 Å². The van der Waals surface area contributed by atoms with E-state index in [1.807, 2.05) is 25.1 Å². The van der Waals surface area contributed by atoms with Crippen LogP contribution in [0.2, 0.25) is 0 Å². The van der Waals surface area contributed by atoms with Gasteiger partial charge in [0.25, 0.3) is 0 Å². The van der Waals surface area contributed by atoms with Gasteiger partial charge in [0, 0.05) is 10.0 Å². The average Bonchev–Trinajstić information content (AvgIpc) is 2.41. The van der Waals surface area contributed by atoms with Crippen molar-refractivity contribution < 1.29 is 8.78 Å². The molecule has 0 aliphatic heterocycles. The van der Waals surface area contributed by atoms with E-state index >= 15 is 0 Å². The molecule has 0 saturated carbocycles. The normalized spacial score (nSPS) is 12.5. The van der Waals surface area contributed by atoms with Crippen LogP contribution in [0.1, 0.15) is 28.3 Å². The van der Waals surface area contributed by atoms with Crippen molar-refractivity contribution in [2.45, 2.75) is 19.9 Å². The van der Waals surface area contributed by atoms with Crippen molar-refractivity contribution >= 4 is 15.9 Å². The summed E-state index contributed by atoms with van der Waals surface area (Å²) in [6.45, 7) is 3.54. The van der Waals surface area contributed by atoms with Crippen LogP contribution >= 0.6 is 15.9 Å². The van der Waals surface area contributed by atoms with Crippen molar-refractivity contribution in [2.24, 2.45) is 0 Å². The van der Waals surface area contributed by atoms with Crippen LogP contribution in [0, 0.1) is 25.5 Å². The van der Waals surface area contributed by atoms with E-state index in [9.17, 15) is 8.78 Å². The van der Waals surface area contributed by atoms with E-state index in [1.54, 1.807) is 26.1 Å². The molecular weight excluding hydrogens is 324 g/mol. The van der Waals surface area contributed by atoms with Crippen LogP contribution < -0.4 is 5.32 Å². The van der Waals surface area contributed by atoms with Gasteiger partial charge in [-0.2, -0.15) is 0 Å². The minimum absolute atomic E-state index is 0.306. The molecular formula is C16H16BrF2N. The van der Waals surface area contributed by atoms with Crippen LogP contribution in [0.4, 0.5) is 8.78 Å². The second-order valence-corrected chi connectivity index (χ2v) is 5.70. The molecule has 0 radical (unpaired) electrons. The quantitative estimate of drug-likeness (QED) is 0.857. The van der Waals surface area contributed by atoms with Crippen molar-refractivity contribution in [3.8, 4) is 0 Å². The number of hydrogen-bond donors (Lipinski definition) is 1. The van der Waals surface area contributed by atoms with Crippen molar-refractivity contribution in [1.29, 1.82) is 0 Å². The molecule has 1 nitrogen and oxygen atoms in total. The Morgan fingerprint density at radius 2 is 1.65 bits per heavy atom. The van der Waals surface area contributed by atoms with Gasteiger partial charge in [0.1, 0.15) is 0 Å². The number of rotatable bonds is 3. The number of hydrogen-bond acceptors (Lipinski definition) is 1. The minimum atomic E-state index is -0.795. The van der Waals surface area contributed by atoms with Gasteiger partial charge in [-0.3, -0.25) is 0 Å². The highest BCUT2D eigenvalue weighted by molar-refractivity contribution is 9.10. The third-order valence-corrected chi connectivity index (χ3v) is 4.06. The van der Waals surface area contributed by atoms with Gasteiger partial charge >= 0.3 is 0 Å². The Hall–Kier alpha value is -1.26. The highest BCUT2D eigenvalue weighted by Crippen LogP contribution is 2.31. The summed E-state index contributed by atoms with van der Waals surface area (Å²) in [5.41, 5.74) is 2.59. The predicted octanol–water partition coefficient (Wildman–Crippen LogP) is 4.65. The summed E-state index contributed by atoms with van der Waals surface area (Å²) in [4.78, 5) is 0. The molecule has 4 heteroatoms. The maximum Gasteiger partial charge on any atom is 0.164 e. The lowest BCUT2D eigenvalue weighted by Gasteiger charge is -2.20. The molecule has 2 aromatic rings. The largest absolute Gasteiger partial charge is 0.309 e. The van der Waals surface area contributed by atoms with Crippen LogP contribution in [0.5, 0.6) is 0 Å². The molecule has 20 heavy (non-hydrogen) atoms. The lowest BCUT2D eigenvalue weighted by molar-refractivity contribution is 0.482. The van der Waals surface area contributed by atoms with Crippen molar-refractivity contribution in [2.75, 3.05) is 7.05 Å². The van der Waals surface area contributed by atoms with Crippen LogP contribution in [0.25, 0.3) is 0 Å². The van der Waals surface area contributed by atoms with Crippen LogP contribution in [0.15, 0.2) is 34.8 Å². The molecule has 0 heterocycles. The standard InChI is InChI=1S/C16H16BrF2N/c1-9-4-6-11(13(17)8-9)16(20-3)12-7-5-10(2)14(18)15(12)19/h4-8,16,20H,1-3H3. The monoisotopic (exact) mass is 339 g/mol. The van der Waals surface area contributed by atoms with Gasteiger partial charge in [-0.1, -0.05) is 40.2 Å². The molecule has 0 aliphatic rings. The van der Waals surface area contributed by atoms with Crippen molar-refractivity contribution in [1.82, 2.24) is 5.32 Å². The fourth-order valence-electron chi connectivity index (χ4n) is 2.23. The van der Waals surface area contributed by atoms with E-state index in [-0.39, 0.29) is 0 Å². The molecule has 2 aromatic carbocycles. The van der Waals surface area contributed by atoms with Crippen molar-refractivity contribution in [3.05, 3.63) is 68.7 Å². The van der Waals surface area contributed by atoms with E-state index in [4.69, 9.17) is 0 Å². The summed E-state index contributed by atoms with van der Waals surface area (Å²) >= 11 is 3.49. The van der Waals surface area contributed by atoms with Crippen LogP contribution in [-0.2, 0) is 0 Å². The number of nitrogens with one attached hydrogen (secondary N) is 1. The van der Waals surface area contributed by atoms with E-state index in [2.05, 4.69) is 21.2 Å². The molecule has 0 amide bonds. The first-order chi connectivity index (χ1) is 9.45. The molecule has 2 rings (SSSR count). The SMILES string of the molecule is CNC(c1ccc(C)cc1Br)c1ccc(C)c(F)c1F. The van der Waals surface area contributed by atoms with E-state index in [1.165, 1.54) is 0 Å². The summed E-state index contributed by atoms with van der Waals surface area (Å²) in [5.74, 6) is -1.58. The van der Waals surface area contributed by atoms with Gasteiger partial charge in [-0.05, 0) is 43.7 Å². The smallest absolute Gasteiger partial charge is 0.164 e. The predicted molar refractivity (Wildman–Crippen MR) is 80.9 cm³/mol. The summed E-state index contributed by atoms with van der Waals surface area (Å²) in [6.07, 6.45) is 0. The Morgan fingerprint density at radius 3 is 2.25 bits per heavy atom. The third kappa shape index (κ3) is 2.76. The first-order valence-electron chi connectivity index (χ1n) is 6.33. The number of benzene rings is 2. The van der Waals surface area contributed by atoms with Gasteiger partial charge in [0.2, 0.25) is 0 Å². The lowest BCUT2D eigenvalue weighted by atomic mass is 9.96. The van der Waals surface area contributed by atoms with Gasteiger partial charge < -0.3 is 5.32 Å². The van der Waals surface area contributed by atoms with Gasteiger partial charge in [0.15, 0.2) is 11.6 Å². The first-order valence-corrected chi connectivity index (χ1v) is 7.12. The van der Waals surface area contributed by atoms with Crippen molar-refractivity contribution in [3.63, 3.8) is 0 Å². The highest BCUT2D eigenvalue weighted by atomic mass is 79.9.